The van der Waals surface area contributed by atoms with Crippen molar-refractivity contribution in [3.63, 3.8) is 0 Å². The van der Waals surface area contributed by atoms with E-state index in [4.69, 9.17) is 21.8 Å². The summed E-state index contributed by atoms with van der Waals surface area (Å²) in [5.74, 6) is 0.784. The Kier molecular flexibility index (Phi) is 6.14. The zero-order chi connectivity index (χ0) is 25.1. The monoisotopic (exact) mass is 608 g/mol. The predicted molar refractivity (Wildman–Crippen MR) is 149 cm³/mol. The first kappa shape index (κ1) is 24.6. The average molecular weight is 611 g/mol. The van der Waals surface area contributed by atoms with E-state index in [2.05, 4.69) is 92.0 Å². The van der Waals surface area contributed by atoms with Crippen molar-refractivity contribution in [2.24, 2.45) is 0 Å². The van der Waals surface area contributed by atoms with Gasteiger partial charge >= 0.3 is 222 Å². The van der Waals surface area contributed by atoms with Crippen molar-refractivity contribution in [1.29, 1.82) is 0 Å². The third kappa shape index (κ3) is 3.35. The van der Waals surface area contributed by atoms with Crippen molar-refractivity contribution in [2.45, 2.75) is 20.3 Å². The summed E-state index contributed by atoms with van der Waals surface area (Å²) < 4.78 is 6.04. The van der Waals surface area contributed by atoms with Gasteiger partial charge in [0.05, 0.1) is 0 Å². The number of halogens is 2. The minimum absolute atomic E-state index is 0.0130. The Morgan fingerprint density at radius 3 is 1.69 bits per heavy atom. The summed E-state index contributed by atoms with van der Waals surface area (Å²) in [5, 5.41) is 9.55. The predicted octanol–water partition coefficient (Wildman–Crippen LogP) is 8.15. The Hall–Kier alpha value is -1.68. The number of ether oxygens (including phenoxy) is 1. The number of aliphatic hydroxyl groups excluding tert-OH is 1. The zero-order valence-corrected chi connectivity index (χ0v) is 25.3. The van der Waals surface area contributed by atoms with Crippen LogP contribution < -0.4 is 4.74 Å². The molecule has 2 aliphatic rings. The number of hydrogen-bond donors (Lipinski definition) is 1. The molecule has 1 N–H and O–H groups in total. The molecule has 6 heteroatoms. The van der Waals surface area contributed by atoms with E-state index < -0.39 is 20.4 Å². The number of fused-ring (bicyclic) bond motifs is 6. The van der Waals surface area contributed by atoms with Crippen LogP contribution in [0, 0.1) is 0 Å². The van der Waals surface area contributed by atoms with Crippen LogP contribution in [0.5, 0.6) is 5.75 Å². The molecule has 4 aromatic rings. The third-order valence-corrected chi connectivity index (χ3v) is 54.3. The molecule has 0 aliphatic heterocycles. The molecular formula is C30H28Cl2O2SiZr. The van der Waals surface area contributed by atoms with Crippen LogP contribution in [0.25, 0.3) is 22.3 Å². The fourth-order valence-electron chi connectivity index (χ4n) is 6.53. The fourth-order valence-corrected chi connectivity index (χ4v) is 34.2. The molecule has 0 amide bonds. The van der Waals surface area contributed by atoms with Gasteiger partial charge in [-0.05, 0) is 0 Å². The van der Waals surface area contributed by atoms with E-state index in [0.717, 1.165) is 16.9 Å². The molecule has 0 spiro atoms. The van der Waals surface area contributed by atoms with Crippen molar-refractivity contribution in [3.05, 3.63) is 113 Å². The number of benzene rings is 4. The molecule has 1 atom stereocenters. The van der Waals surface area contributed by atoms with Gasteiger partial charge in [-0.25, -0.2) is 0 Å². The van der Waals surface area contributed by atoms with Crippen LogP contribution in [0.3, 0.4) is 0 Å². The van der Waals surface area contributed by atoms with E-state index in [-0.39, 0.29) is 20.5 Å². The van der Waals surface area contributed by atoms with E-state index in [1.807, 2.05) is 12.1 Å². The molecule has 0 aromatic heterocycles. The van der Waals surface area contributed by atoms with Crippen LogP contribution in [0.2, 0.25) is 13.1 Å². The van der Waals surface area contributed by atoms with Gasteiger partial charge in [0.25, 0.3) is 0 Å². The molecule has 2 nitrogen and oxygen atoms in total. The zero-order valence-electron chi connectivity index (χ0n) is 20.3. The van der Waals surface area contributed by atoms with E-state index >= 15 is 0 Å². The first-order valence-electron chi connectivity index (χ1n) is 12.4. The second-order valence-corrected chi connectivity index (χ2v) is 48.9. The normalized spacial score (nSPS) is 16.2. The molecule has 0 radical (unpaired) electrons. The molecule has 182 valence electrons. The molecule has 0 fully saturated rings. The van der Waals surface area contributed by atoms with Crippen LogP contribution in [0.1, 0.15) is 29.5 Å². The van der Waals surface area contributed by atoms with Crippen molar-refractivity contribution in [2.75, 3.05) is 13.2 Å². The second kappa shape index (κ2) is 8.96. The van der Waals surface area contributed by atoms with Gasteiger partial charge in [0.15, 0.2) is 0 Å². The third-order valence-electron chi connectivity index (χ3n) is 8.11. The Bertz CT molecular complexity index is 1540. The van der Waals surface area contributed by atoms with Crippen molar-refractivity contribution < 1.29 is 24.9 Å². The molecule has 0 saturated carbocycles. The molecule has 0 saturated heterocycles. The summed E-state index contributed by atoms with van der Waals surface area (Å²) in [6, 6.07) is 32.1. The summed E-state index contributed by atoms with van der Waals surface area (Å²) in [5.41, 5.74) is 8.49. The molecular weight excluding hydrogens is 583 g/mol. The molecule has 36 heavy (non-hydrogen) atoms. The standard InChI is InChI=1S/C15H13O2.C13H9.C2H6Si.2ClH.Zr/c16-8-9-17-15-7-3-6-13-12-5-2-1-4-11(12)10-14(13)15;1-3-7-12-10(5-1)9-11-6-2-4-8-13(11)12;1-3-2;;;/h1-7,10,16H,8-9H2;1-9H;1-2H3;2*1H;/q;;;;;+2/p-2. The Morgan fingerprint density at radius 2 is 1.17 bits per heavy atom. The van der Waals surface area contributed by atoms with Gasteiger partial charge in [0, 0.05) is 0 Å². The van der Waals surface area contributed by atoms with Crippen LogP contribution in [-0.2, 0) is 15.0 Å². The van der Waals surface area contributed by atoms with Gasteiger partial charge in [0.2, 0.25) is 0 Å². The van der Waals surface area contributed by atoms with Gasteiger partial charge in [-0.3, -0.25) is 0 Å². The van der Waals surface area contributed by atoms with Gasteiger partial charge in [0.1, 0.15) is 0 Å². The molecule has 0 heterocycles. The Labute approximate surface area is 220 Å². The molecule has 2 aliphatic carbocycles. The van der Waals surface area contributed by atoms with Crippen LogP contribution in [0.15, 0.2) is 91.0 Å². The van der Waals surface area contributed by atoms with E-state index in [1.54, 1.807) is 0 Å². The first-order valence-corrected chi connectivity index (χ1v) is 27.8. The summed E-state index contributed by atoms with van der Waals surface area (Å²) in [4.78, 5) is 0. The topological polar surface area (TPSA) is 29.5 Å². The van der Waals surface area contributed by atoms with E-state index in [0.29, 0.717) is 0 Å². The average Bonchev–Trinajstić information content (AvgIpc) is 3.42. The quantitative estimate of drug-likeness (QED) is 0.231. The van der Waals surface area contributed by atoms with Crippen molar-refractivity contribution in [1.82, 2.24) is 0 Å². The van der Waals surface area contributed by atoms with E-state index in [9.17, 15) is 5.11 Å². The van der Waals surface area contributed by atoms with Gasteiger partial charge in [-0.2, -0.15) is 0 Å². The van der Waals surface area contributed by atoms with Crippen LogP contribution in [0.4, 0.5) is 0 Å². The number of hydrogen-bond acceptors (Lipinski definition) is 2. The molecule has 1 unspecified atom stereocenters. The maximum atomic E-state index is 9.55. The minimum atomic E-state index is -4.91. The fraction of sp³-hybridized carbons (Fsp3) is 0.200. The van der Waals surface area contributed by atoms with Gasteiger partial charge in [-0.1, -0.05) is 0 Å². The van der Waals surface area contributed by atoms with Crippen molar-refractivity contribution >= 4 is 22.5 Å². The number of aliphatic hydroxyl groups is 1. The summed E-state index contributed by atoms with van der Waals surface area (Å²) >= 11 is -4.91. The first-order chi connectivity index (χ1) is 17.4. The summed E-state index contributed by atoms with van der Waals surface area (Å²) in [6.07, 6.45) is 0. The van der Waals surface area contributed by atoms with Crippen molar-refractivity contribution in [3.8, 4) is 28.0 Å². The second-order valence-electron chi connectivity index (χ2n) is 10.1. The summed E-state index contributed by atoms with van der Waals surface area (Å²) in [7, 11) is 16.7. The number of rotatable bonds is 5. The van der Waals surface area contributed by atoms with E-state index in [1.165, 1.54) is 33.4 Å². The summed E-state index contributed by atoms with van der Waals surface area (Å²) in [6.45, 7) is 4.83. The SMILES string of the molecule is C[Si](C)=[Zr]([Cl])([Cl])([CH]1c2ccccc2-c2ccccc21)[CH]1c2ccccc2-c2cccc(OCCO)c21. The maximum absolute atomic E-state index is 9.55. The van der Waals surface area contributed by atoms with Gasteiger partial charge < -0.3 is 0 Å². The Balaban J connectivity index is 1.72. The Morgan fingerprint density at radius 1 is 0.694 bits per heavy atom. The molecule has 4 aromatic carbocycles. The molecule has 0 bridgehead atoms. The molecule has 6 rings (SSSR count). The van der Waals surface area contributed by atoms with Gasteiger partial charge in [-0.15, -0.1) is 0 Å². The van der Waals surface area contributed by atoms with Crippen LogP contribution in [-0.4, -0.2) is 23.8 Å². The van der Waals surface area contributed by atoms with Crippen LogP contribution >= 0.6 is 17.0 Å².